The molecule has 1 amide bonds. The fraction of sp³-hybridized carbons (Fsp3) is 0.500. The summed E-state index contributed by atoms with van der Waals surface area (Å²) in [6.45, 7) is 2.97. The molecule has 0 saturated carbocycles. The van der Waals surface area contributed by atoms with Crippen LogP contribution in [0.1, 0.15) is 13.3 Å². The highest BCUT2D eigenvalue weighted by molar-refractivity contribution is 5.76. The van der Waals surface area contributed by atoms with E-state index in [1.165, 1.54) is 16.8 Å². The summed E-state index contributed by atoms with van der Waals surface area (Å²) in [5, 5.41) is 13.4. The summed E-state index contributed by atoms with van der Waals surface area (Å²) in [5.74, 6) is -0.108. The van der Waals surface area contributed by atoms with E-state index in [9.17, 15) is 19.7 Å². The minimum atomic E-state index is -0.556. The van der Waals surface area contributed by atoms with Gasteiger partial charge < -0.3 is 10.2 Å². The zero-order chi connectivity index (χ0) is 15.1. The molecule has 1 rings (SSSR count). The normalized spacial score (nSPS) is 11.9. The van der Waals surface area contributed by atoms with Gasteiger partial charge in [-0.2, -0.15) is 0 Å². The number of hydrogen-bond acceptors (Lipinski definition) is 4. The maximum atomic E-state index is 11.6. The highest BCUT2D eigenvalue weighted by Crippen LogP contribution is 2.05. The average molecular weight is 283 g/mol. The molecule has 1 aromatic heterocycles. The van der Waals surface area contributed by atoms with Gasteiger partial charge in [0.05, 0.1) is 18.2 Å². The predicted molar refractivity (Wildman–Crippen MR) is 72.4 cm³/mol. The minimum absolute atomic E-state index is 0.108. The molecule has 1 heterocycles. The Morgan fingerprint density at radius 3 is 2.80 bits per heavy atom. The number of pyridine rings is 1. The van der Waals surface area contributed by atoms with E-state index in [0.29, 0.717) is 6.54 Å². The van der Waals surface area contributed by atoms with Gasteiger partial charge in [-0.25, -0.2) is 0 Å². The molecule has 0 spiro atoms. The lowest BCUT2D eigenvalue weighted by Gasteiger charge is -2.14. The second-order valence-electron chi connectivity index (χ2n) is 4.59. The summed E-state index contributed by atoms with van der Waals surface area (Å²) in [5.41, 5.74) is -0.475. The fourth-order valence-corrected chi connectivity index (χ4v) is 1.70. The van der Waals surface area contributed by atoms with Crippen LogP contribution in [0.15, 0.2) is 23.1 Å². The number of likely N-dealkylation sites (N-methyl/N-ethyl adjacent to an activating group) is 1. The van der Waals surface area contributed by atoms with Crippen LogP contribution in [-0.4, -0.2) is 35.5 Å². The van der Waals surface area contributed by atoms with Crippen LogP contribution in [-0.2, 0) is 11.5 Å². The number of carbonyl (C=O) groups is 1. The fourth-order valence-electron chi connectivity index (χ4n) is 1.70. The second-order valence-corrected chi connectivity index (χ2v) is 4.59. The summed E-state index contributed by atoms with van der Waals surface area (Å²) < 4.78 is 1.24. The first kappa shape index (κ1) is 15.8. The molecule has 110 valence electrons. The molecule has 20 heavy (non-hydrogen) atoms. The van der Waals surface area contributed by atoms with Gasteiger partial charge in [0, 0.05) is 18.7 Å². The molecule has 8 heteroatoms. The molecule has 1 aromatic rings. The Kier molecular flexibility index (Phi) is 5.85. The topological polar surface area (TPSA) is 98.7 Å². The SMILES string of the molecule is CCCNC(=O)C[NH+](C)Cn1cc([N+](=O)[O-])ccc1=O. The number of amides is 1. The third kappa shape index (κ3) is 4.81. The molecule has 2 N–H and O–H groups in total. The van der Waals surface area contributed by atoms with E-state index in [4.69, 9.17) is 0 Å². The molecular formula is C12H19N4O4+. The summed E-state index contributed by atoms with van der Waals surface area (Å²) >= 11 is 0. The lowest BCUT2D eigenvalue weighted by molar-refractivity contribution is -0.895. The molecule has 8 nitrogen and oxygen atoms in total. The maximum absolute atomic E-state index is 11.6. The maximum Gasteiger partial charge on any atom is 0.285 e. The second kappa shape index (κ2) is 7.39. The van der Waals surface area contributed by atoms with Crippen LogP contribution < -0.4 is 15.8 Å². The Morgan fingerprint density at radius 2 is 2.20 bits per heavy atom. The van der Waals surface area contributed by atoms with E-state index in [-0.39, 0.29) is 30.4 Å². The van der Waals surface area contributed by atoms with Crippen molar-refractivity contribution in [2.45, 2.75) is 20.0 Å². The average Bonchev–Trinajstić information content (AvgIpc) is 2.38. The molecule has 0 fully saturated rings. The third-order valence-corrected chi connectivity index (χ3v) is 2.65. The lowest BCUT2D eigenvalue weighted by Crippen LogP contribution is -3.09. The van der Waals surface area contributed by atoms with Gasteiger partial charge in [-0.05, 0) is 6.42 Å². The largest absolute Gasteiger partial charge is 0.351 e. The number of carbonyl (C=O) groups excluding carboxylic acids is 1. The van der Waals surface area contributed by atoms with Crippen molar-refractivity contribution in [2.24, 2.45) is 0 Å². The van der Waals surface area contributed by atoms with Gasteiger partial charge in [0.25, 0.3) is 17.2 Å². The number of nitro groups is 1. The Hall–Kier alpha value is -2.22. The Morgan fingerprint density at radius 1 is 1.50 bits per heavy atom. The van der Waals surface area contributed by atoms with Crippen molar-refractivity contribution in [3.63, 3.8) is 0 Å². The smallest absolute Gasteiger partial charge is 0.285 e. The van der Waals surface area contributed by atoms with Crippen molar-refractivity contribution in [1.82, 2.24) is 9.88 Å². The molecule has 0 aliphatic carbocycles. The Balaban J connectivity index is 2.68. The van der Waals surface area contributed by atoms with E-state index in [2.05, 4.69) is 5.32 Å². The van der Waals surface area contributed by atoms with E-state index in [1.54, 1.807) is 7.05 Å². The van der Waals surface area contributed by atoms with Crippen LogP contribution in [0, 0.1) is 10.1 Å². The lowest BCUT2D eigenvalue weighted by atomic mass is 10.4. The van der Waals surface area contributed by atoms with Crippen molar-refractivity contribution >= 4 is 11.6 Å². The van der Waals surface area contributed by atoms with Crippen LogP contribution in [0.4, 0.5) is 5.69 Å². The van der Waals surface area contributed by atoms with Crippen LogP contribution in [0.3, 0.4) is 0 Å². The van der Waals surface area contributed by atoms with Crippen LogP contribution in [0.2, 0.25) is 0 Å². The molecule has 1 unspecified atom stereocenters. The summed E-state index contributed by atoms with van der Waals surface area (Å²) in [7, 11) is 1.75. The number of nitrogens with zero attached hydrogens (tertiary/aromatic N) is 2. The number of quaternary nitrogens is 1. The summed E-state index contributed by atoms with van der Waals surface area (Å²) in [4.78, 5) is 34.0. The van der Waals surface area contributed by atoms with Gasteiger partial charge in [0.1, 0.15) is 0 Å². The first-order valence-corrected chi connectivity index (χ1v) is 6.37. The standard InChI is InChI=1S/C12H18N4O4/c1-3-6-13-11(17)8-14(2)9-15-7-10(16(19)20)4-5-12(15)18/h4-5,7H,3,6,8-9H2,1-2H3,(H,13,17)/p+1. The zero-order valence-corrected chi connectivity index (χ0v) is 11.6. The van der Waals surface area contributed by atoms with E-state index in [1.807, 2.05) is 6.92 Å². The Bertz CT molecular complexity index is 541. The molecule has 0 radical (unpaired) electrons. The molecule has 1 atom stereocenters. The van der Waals surface area contributed by atoms with Crippen molar-refractivity contribution in [1.29, 1.82) is 0 Å². The monoisotopic (exact) mass is 283 g/mol. The molecule has 0 aliphatic heterocycles. The van der Waals surface area contributed by atoms with Gasteiger partial charge in [-0.1, -0.05) is 6.92 Å². The molecule has 0 aliphatic rings. The first-order valence-electron chi connectivity index (χ1n) is 6.37. The van der Waals surface area contributed by atoms with E-state index >= 15 is 0 Å². The molecule has 0 bridgehead atoms. The van der Waals surface area contributed by atoms with Crippen molar-refractivity contribution in [2.75, 3.05) is 20.1 Å². The molecule has 0 saturated heterocycles. The number of nitrogens with one attached hydrogen (secondary N) is 2. The first-order chi connectivity index (χ1) is 9.43. The summed E-state index contributed by atoms with van der Waals surface area (Å²) in [6.07, 6.45) is 2.05. The molecular weight excluding hydrogens is 264 g/mol. The third-order valence-electron chi connectivity index (χ3n) is 2.65. The molecule has 0 aromatic carbocycles. The highest BCUT2D eigenvalue weighted by Gasteiger charge is 2.13. The van der Waals surface area contributed by atoms with Gasteiger partial charge in [-0.3, -0.25) is 24.3 Å². The Labute approximate surface area is 116 Å². The summed E-state index contributed by atoms with van der Waals surface area (Å²) in [6, 6.07) is 2.32. The van der Waals surface area contributed by atoms with Crippen LogP contribution in [0.5, 0.6) is 0 Å². The van der Waals surface area contributed by atoms with Gasteiger partial charge in [0.15, 0.2) is 13.2 Å². The quantitative estimate of drug-likeness (QED) is 0.483. The van der Waals surface area contributed by atoms with Crippen molar-refractivity contribution in [3.05, 3.63) is 38.8 Å². The number of rotatable bonds is 7. The van der Waals surface area contributed by atoms with Crippen molar-refractivity contribution < 1.29 is 14.6 Å². The van der Waals surface area contributed by atoms with Gasteiger partial charge >= 0.3 is 0 Å². The van der Waals surface area contributed by atoms with Gasteiger partial charge in [-0.15, -0.1) is 0 Å². The highest BCUT2D eigenvalue weighted by atomic mass is 16.6. The van der Waals surface area contributed by atoms with E-state index in [0.717, 1.165) is 17.4 Å². The van der Waals surface area contributed by atoms with Crippen LogP contribution in [0.25, 0.3) is 0 Å². The number of hydrogen-bond donors (Lipinski definition) is 2. The minimum Gasteiger partial charge on any atom is -0.351 e. The van der Waals surface area contributed by atoms with Crippen LogP contribution >= 0.6 is 0 Å². The van der Waals surface area contributed by atoms with E-state index < -0.39 is 4.92 Å². The number of aromatic nitrogens is 1. The van der Waals surface area contributed by atoms with Crippen molar-refractivity contribution in [3.8, 4) is 0 Å². The van der Waals surface area contributed by atoms with Gasteiger partial charge in [0.2, 0.25) is 0 Å². The predicted octanol–water partition coefficient (Wildman–Crippen LogP) is -1.25. The zero-order valence-electron chi connectivity index (χ0n) is 11.6.